The molecule has 0 N–H and O–H groups in total. The van der Waals surface area contributed by atoms with Crippen LogP contribution in [0.4, 0.5) is 0 Å². The number of hydrogen-bond donors (Lipinski definition) is 0. The molecule has 2 aliphatic heterocycles. The second kappa shape index (κ2) is 9.88. The standard InChI is InChI=1S/C39H39B2NO4/c1-36(2)37(3,4)44-40(43-36)25-21-24(22-26(23-25)41-45-38(5,6)39(7,8)46-41)34-32-20-14-12-18-30(32)33-29-17-11-9-15-27(29)28-16-10-13-19-31(28)35(33)42-34/h9-23H,1-8H3. The average molecular weight is 607 g/mol. The van der Waals surface area contributed by atoms with Gasteiger partial charge in [-0.05, 0) is 87.9 Å². The van der Waals surface area contributed by atoms with E-state index in [1.54, 1.807) is 0 Å². The molecule has 2 fully saturated rings. The van der Waals surface area contributed by atoms with Crippen LogP contribution in [0.25, 0.3) is 54.5 Å². The third-order valence-electron chi connectivity index (χ3n) is 10.9. The highest BCUT2D eigenvalue weighted by Crippen LogP contribution is 2.42. The topological polar surface area (TPSA) is 49.8 Å². The van der Waals surface area contributed by atoms with Crippen molar-refractivity contribution in [2.24, 2.45) is 0 Å². The zero-order chi connectivity index (χ0) is 32.2. The molecule has 5 aromatic carbocycles. The summed E-state index contributed by atoms with van der Waals surface area (Å²) in [5.41, 5.74) is 2.76. The second-order valence-corrected chi connectivity index (χ2v) is 14.9. The molecule has 2 saturated heterocycles. The van der Waals surface area contributed by atoms with E-state index in [0.717, 1.165) is 38.5 Å². The van der Waals surface area contributed by atoms with E-state index in [1.807, 2.05) is 0 Å². The van der Waals surface area contributed by atoms with E-state index < -0.39 is 36.6 Å². The first kappa shape index (κ1) is 29.6. The van der Waals surface area contributed by atoms with Crippen LogP contribution in [0.1, 0.15) is 55.4 Å². The van der Waals surface area contributed by atoms with Crippen molar-refractivity contribution in [3.05, 3.63) is 91.0 Å². The summed E-state index contributed by atoms with van der Waals surface area (Å²) in [6.45, 7) is 16.7. The van der Waals surface area contributed by atoms with Gasteiger partial charge in [0.15, 0.2) is 0 Å². The molecule has 0 aliphatic carbocycles. The van der Waals surface area contributed by atoms with Crippen molar-refractivity contribution in [2.45, 2.75) is 77.8 Å². The lowest BCUT2D eigenvalue weighted by Crippen LogP contribution is -2.41. The summed E-state index contributed by atoms with van der Waals surface area (Å²) < 4.78 is 26.3. The van der Waals surface area contributed by atoms with Crippen molar-refractivity contribution in [1.82, 2.24) is 4.98 Å². The minimum absolute atomic E-state index is 0.480. The normalized spacial score (nSPS) is 20.0. The minimum atomic E-state index is -0.553. The molecular weight excluding hydrogens is 568 g/mol. The molecule has 5 nitrogen and oxygen atoms in total. The van der Waals surface area contributed by atoms with Crippen molar-refractivity contribution in [2.75, 3.05) is 0 Å². The number of rotatable bonds is 3. The van der Waals surface area contributed by atoms with Crippen LogP contribution in [-0.2, 0) is 18.6 Å². The van der Waals surface area contributed by atoms with E-state index in [4.69, 9.17) is 23.6 Å². The summed E-state index contributed by atoms with van der Waals surface area (Å²) in [5.74, 6) is 0. The number of hydrogen-bond acceptors (Lipinski definition) is 5. The Morgan fingerprint density at radius 2 is 0.826 bits per heavy atom. The largest absolute Gasteiger partial charge is 0.494 e. The van der Waals surface area contributed by atoms with Gasteiger partial charge in [-0.1, -0.05) is 91.0 Å². The van der Waals surface area contributed by atoms with Gasteiger partial charge in [0.05, 0.1) is 33.6 Å². The highest BCUT2D eigenvalue weighted by atomic mass is 16.7. The Labute approximate surface area is 271 Å². The fraction of sp³-hybridized carbons (Fsp3) is 0.308. The molecule has 1 aromatic heterocycles. The number of pyridine rings is 1. The lowest BCUT2D eigenvalue weighted by molar-refractivity contribution is 0.00578. The van der Waals surface area contributed by atoms with Crippen LogP contribution >= 0.6 is 0 Å². The molecule has 8 rings (SSSR count). The molecule has 3 heterocycles. The molecule has 230 valence electrons. The monoisotopic (exact) mass is 607 g/mol. The highest BCUT2D eigenvalue weighted by Gasteiger charge is 2.54. The van der Waals surface area contributed by atoms with Gasteiger partial charge in [-0.2, -0.15) is 0 Å². The van der Waals surface area contributed by atoms with E-state index in [0.29, 0.717) is 0 Å². The molecule has 46 heavy (non-hydrogen) atoms. The Hall–Kier alpha value is -3.74. The van der Waals surface area contributed by atoms with Crippen LogP contribution in [0.5, 0.6) is 0 Å². The number of fused-ring (bicyclic) bond motifs is 8. The Kier molecular flexibility index (Phi) is 6.37. The Bertz CT molecular complexity index is 2120. The maximum atomic E-state index is 6.58. The summed E-state index contributed by atoms with van der Waals surface area (Å²) in [4.78, 5) is 5.54. The van der Waals surface area contributed by atoms with Crippen molar-refractivity contribution < 1.29 is 18.6 Å². The summed E-state index contributed by atoms with van der Waals surface area (Å²) in [6, 6.07) is 32.3. The van der Waals surface area contributed by atoms with Gasteiger partial charge in [-0.25, -0.2) is 4.98 Å². The van der Waals surface area contributed by atoms with Crippen LogP contribution in [0.15, 0.2) is 91.0 Å². The van der Waals surface area contributed by atoms with Crippen molar-refractivity contribution in [3.8, 4) is 11.3 Å². The zero-order valence-corrected chi connectivity index (χ0v) is 27.9. The van der Waals surface area contributed by atoms with Gasteiger partial charge in [-0.3, -0.25) is 0 Å². The Balaban J connectivity index is 1.42. The van der Waals surface area contributed by atoms with Crippen LogP contribution in [0.2, 0.25) is 0 Å². The maximum Gasteiger partial charge on any atom is 0.494 e. The molecule has 2 aliphatic rings. The van der Waals surface area contributed by atoms with E-state index in [1.165, 1.54) is 26.9 Å². The molecule has 0 unspecified atom stereocenters. The summed E-state index contributed by atoms with van der Waals surface area (Å²) in [7, 11) is -1.11. The predicted octanol–water partition coefficient (Wildman–Crippen LogP) is 7.96. The summed E-state index contributed by atoms with van der Waals surface area (Å²) in [6.07, 6.45) is 0. The molecule has 0 amide bonds. The smallest absolute Gasteiger partial charge is 0.399 e. The van der Waals surface area contributed by atoms with Gasteiger partial charge >= 0.3 is 14.2 Å². The van der Waals surface area contributed by atoms with Gasteiger partial charge < -0.3 is 18.6 Å². The lowest BCUT2D eigenvalue weighted by atomic mass is 9.70. The number of aromatic nitrogens is 1. The van der Waals surface area contributed by atoms with E-state index in [9.17, 15) is 0 Å². The molecule has 0 saturated carbocycles. The second-order valence-electron chi connectivity index (χ2n) is 14.9. The molecular formula is C39H39B2NO4. The third kappa shape index (κ3) is 4.36. The van der Waals surface area contributed by atoms with E-state index >= 15 is 0 Å². The van der Waals surface area contributed by atoms with Crippen LogP contribution < -0.4 is 10.9 Å². The summed E-state index contributed by atoms with van der Waals surface area (Å²) in [5, 5.41) is 8.19. The van der Waals surface area contributed by atoms with Crippen LogP contribution in [-0.4, -0.2) is 41.6 Å². The van der Waals surface area contributed by atoms with E-state index in [-0.39, 0.29) is 0 Å². The predicted molar refractivity (Wildman–Crippen MR) is 191 cm³/mol. The molecule has 0 spiro atoms. The first-order valence-electron chi connectivity index (χ1n) is 16.2. The Morgan fingerprint density at radius 1 is 0.457 bits per heavy atom. The van der Waals surface area contributed by atoms with Crippen LogP contribution in [0, 0.1) is 0 Å². The molecule has 0 radical (unpaired) electrons. The SMILES string of the molecule is CC1(C)OB(c2cc(B3OC(C)(C)C(C)(C)O3)cc(-c3nc4c5ccccc5c5ccccc5c4c4ccccc34)c2)OC1(C)C. The van der Waals surface area contributed by atoms with E-state index in [2.05, 4.69) is 146 Å². The van der Waals surface area contributed by atoms with Crippen molar-refractivity contribution in [3.63, 3.8) is 0 Å². The molecule has 0 bridgehead atoms. The highest BCUT2D eigenvalue weighted by molar-refractivity contribution is 6.66. The summed E-state index contributed by atoms with van der Waals surface area (Å²) >= 11 is 0. The van der Waals surface area contributed by atoms with Gasteiger partial charge in [0.1, 0.15) is 0 Å². The fourth-order valence-electron chi connectivity index (χ4n) is 6.85. The Morgan fingerprint density at radius 3 is 1.30 bits per heavy atom. The molecule has 0 atom stereocenters. The van der Waals surface area contributed by atoms with Gasteiger partial charge in [-0.15, -0.1) is 0 Å². The first-order chi connectivity index (χ1) is 21.8. The maximum absolute atomic E-state index is 6.58. The lowest BCUT2D eigenvalue weighted by Gasteiger charge is -2.32. The molecule has 7 heteroatoms. The zero-order valence-electron chi connectivity index (χ0n) is 27.9. The van der Waals surface area contributed by atoms with Gasteiger partial charge in [0.2, 0.25) is 0 Å². The van der Waals surface area contributed by atoms with Crippen molar-refractivity contribution in [1.29, 1.82) is 0 Å². The number of nitrogens with zero attached hydrogens (tertiary/aromatic N) is 1. The van der Waals surface area contributed by atoms with Crippen molar-refractivity contribution >= 4 is 68.4 Å². The minimum Gasteiger partial charge on any atom is -0.399 e. The first-order valence-corrected chi connectivity index (χ1v) is 16.2. The van der Waals surface area contributed by atoms with Crippen LogP contribution in [0.3, 0.4) is 0 Å². The quantitative estimate of drug-likeness (QED) is 0.151. The molecule has 6 aromatic rings. The van der Waals surface area contributed by atoms with Gasteiger partial charge in [0, 0.05) is 21.7 Å². The van der Waals surface area contributed by atoms with Gasteiger partial charge in [0.25, 0.3) is 0 Å². The number of benzene rings is 5. The fourth-order valence-corrected chi connectivity index (χ4v) is 6.85. The average Bonchev–Trinajstić information content (AvgIpc) is 3.39. The third-order valence-corrected chi connectivity index (χ3v) is 10.9.